The van der Waals surface area contributed by atoms with Gasteiger partial charge in [-0.2, -0.15) is 0 Å². The Morgan fingerprint density at radius 1 is 1.39 bits per heavy atom. The molecular formula is C15H20O3. The number of aliphatic hydroxyl groups is 1. The van der Waals surface area contributed by atoms with Crippen molar-refractivity contribution in [3.63, 3.8) is 0 Å². The standard InChI is InChI=1S/C15H20O3/c1-8-4-5-11(16)15(3)7-6-10-9(2)14(17)18-13(10)12(8)15/h10-13,16H,1-2,4-7H2,3H3/t10-,11+,12-,13+,15-/m0/s1. The van der Waals surface area contributed by atoms with Crippen molar-refractivity contribution in [3.05, 3.63) is 24.3 Å². The van der Waals surface area contributed by atoms with Gasteiger partial charge in [-0.05, 0) is 25.7 Å². The van der Waals surface area contributed by atoms with E-state index in [9.17, 15) is 9.90 Å². The molecule has 0 amide bonds. The molecular weight excluding hydrogens is 228 g/mol. The van der Waals surface area contributed by atoms with E-state index in [0.29, 0.717) is 5.57 Å². The van der Waals surface area contributed by atoms with Gasteiger partial charge in [0, 0.05) is 22.8 Å². The monoisotopic (exact) mass is 248 g/mol. The molecule has 1 saturated heterocycles. The van der Waals surface area contributed by atoms with Gasteiger partial charge in [-0.15, -0.1) is 0 Å². The summed E-state index contributed by atoms with van der Waals surface area (Å²) in [5, 5.41) is 10.3. The molecule has 0 aromatic heterocycles. The highest BCUT2D eigenvalue weighted by atomic mass is 16.6. The Bertz CT molecular complexity index is 439. The maximum atomic E-state index is 11.7. The number of hydrogen-bond acceptors (Lipinski definition) is 3. The molecule has 0 bridgehead atoms. The Hall–Kier alpha value is -1.09. The molecule has 2 aliphatic carbocycles. The van der Waals surface area contributed by atoms with E-state index in [1.54, 1.807) is 0 Å². The van der Waals surface area contributed by atoms with Crippen molar-refractivity contribution in [2.45, 2.75) is 44.8 Å². The second-order valence-corrected chi connectivity index (χ2v) is 6.24. The van der Waals surface area contributed by atoms with Crippen molar-refractivity contribution >= 4 is 5.97 Å². The maximum Gasteiger partial charge on any atom is 0.334 e. The summed E-state index contributed by atoms with van der Waals surface area (Å²) < 4.78 is 5.52. The first-order chi connectivity index (χ1) is 8.45. The highest BCUT2D eigenvalue weighted by Crippen LogP contribution is 2.57. The van der Waals surface area contributed by atoms with E-state index in [2.05, 4.69) is 20.1 Å². The Morgan fingerprint density at radius 2 is 2.11 bits per heavy atom. The molecule has 0 aromatic rings. The second kappa shape index (κ2) is 3.70. The van der Waals surface area contributed by atoms with Crippen molar-refractivity contribution in [1.82, 2.24) is 0 Å². The van der Waals surface area contributed by atoms with Crippen molar-refractivity contribution in [2.24, 2.45) is 17.3 Å². The lowest BCUT2D eigenvalue weighted by Gasteiger charge is -2.52. The average Bonchev–Trinajstić information content (AvgIpc) is 2.60. The van der Waals surface area contributed by atoms with Crippen molar-refractivity contribution in [2.75, 3.05) is 0 Å². The minimum absolute atomic E-state index is 0.0863. The van der Waals surface area contributed by atoms with Gasteiger partial charge in [0.25, 0.3) is 0 Å². The van der Waals surface area contributed by atoms with Crippen LogP contribution in [0.15, 0.2) is 24.3 Å². The van der Waals surface area contributed by atoms with Crippen LogP contribution in [0.4, 0.5) is 0 Å². The van der Waals surface area contributed by atoms with Gasteiger partial charge in [0.2, 0.25) is 0 Å². The maximum absolute atomic E-state index is 11.7. The fraction of sp³-hybridized carbons (Fsp3) is 0.667. The summed E-state index contributed by atoms with van der Waals surface area (Å²) >= 11 is 0. The summed E-state index contributed by atoms with van der Waals surface area (Å²) in [4.78, 5) is 11.7. The first kappa shape index (κ1) is 12.0. The lowest BCUT2D eigenvalue weighted by molar-refractivity contribution is -0.150. The summed E-state index contributed by atoms with van der Waals surface area (Å²) in [5.41, 5.74) is 1.54. The second-order valence-electron chi connectivity index (χ2n) is 6.24. The van der Waals surface area contributed by atoms with Gasteiger partial charge in [-0.1, -0.05) is 25.7 Å². The van der Waals surface area contributed by atoms with E-state index in [1.807, 2.05) is 0 Å². The zero-order valence-electron chi connectivity index (χ0n) is 10.8. The number of rotatable bonds is 0. The van der Waals surface area contributed by atoms with E-state index in [0.717, 1.165) is 31.3 Å². The van der Waals surface area contributed by atoms with Crippen LogP contribution in [0.2, 0.25) is 0 Å². The normalized spacial score (nSPS) is 47.6. The number of ether oxygens (including phenoxy) is 1. The molecule has 5 atom stereocenters. The molecule has 2 saturated carbocycles. The fourth-order valence-corrected chi connectivity index (χ4v) is 4.15. The van der Waals surface area contributed by atoms with Gasteiger partial charge in [-0.3, -0.25) is 0 Å². The number of carbonyl (C=O) groups is 1. The molecule has 0 spiro atoms. The molecule has 3 nitrogen and oxygen atoms in total. The molecule has 3 rings (SSSR count). The van der Waals surface area contributed by atoms with Gasteiger partial charge >= 0.3 is 5.97 Å². The predicted molar refractivity (Wildman–Crippen MR) is 67.7 cm³/mol. The van der Waals surface area contributed by atoms with Crippen LogP contribution in [0.3, 0.4) is 0 Å². The molecule has 18 heavy (non-hydrogen) atoms. The van der Waals surface area contributed by atoms with Crippen molar-refractivity contribution in [1.29, 1.82) is 0 Å². The van der Waals surface area contributed by atoms with E-state index in [1.165, 1.54) is 0 Å². The highest BCUT2D eigenvalue weighted by molar-refractivity contribution is 5.91. The van der Waals surface area contributed by atoms with Gasteiger partial charge in [0.15, 0.2) is 0 Å². The lowest BCUT2D eigenvalue weighted by Crippen LogP contribution is -2.53. The average molecular weight is 248 g/mol. The van der Waals surface area contributed by atoms with Gasteiger partial charge in [0.05, 0.1) is 6.10 Å². The van der Waals surface area contributed by atoms with Crippen LogP contribution in [-0.2, 0) is 9.53 Å². The molecule has 1 aliphatic heterocycles. The molecule has 3 aliphatic rings. The summed E-state index contributed by atoms with van der Waals surface area (Å²) in [6, 6.07) is 0. The Labute approximate surface area is 108 Å². The zero-order chi connectivity index (χ0) is 13.1. The van der Waals surface area contributed by atoms with E-state index < -0.39 is 0 Å². The summed E-state index contributed by atoms with van der Waals surface area (Å²) in [6.07, 6.45) is 2.93. The Balaban J connectivity index is 2.00. The van der Waals surface area contributed by atoms with Crippen LogP contribution < -0.4 is 0 Å². The van der Waals surface area contributed by atoms with E-state index in [-0.39, 0.29) is 35.4 Å². The molecule has 98 valence electrons. The van der Waals surface area contributed by atoms with Gasteiger partial charge in [-0.25, -0.2) is 4.79 Å². The van der Waals surface area contributed by atoms with E-state index in [4.69, 9.17) is 4.74 Å². The number of carbonyl (C=O) groups excluding carboxylic acids is 1. The predicted octanol–water partition coefficient (Wildman–Crippen LogP) is 2.21. The SMILES string of the molecule is C=C1C(=O)O[C@@H]2[C@H]1CC[C@@]1(C)[C@H](O)CCC(=C)[C@@H]21. The topological polar surface area (TPSA) is 46.5 Å². The summed E-state index contributed by atoms with van der Waals surface area (Å²) in [7, 11) is 0. The third-order valence-corrected chi connectivity index (χ3v) is 5.32. The quantitative estimate of drug-likeness (QED) is 0.406. The van der Waals surface area contributed by atoms with Gasteiger partial charge < -0.3 is 9.84 Å². The first-order valence-electron chi connectivity index (χ1n) is 6.70. The third-order valence-electron chi connectivity index (χ3n) is 5.32. The molecule has 3 fully saturated rings. The first-order valence-corrected chi connectivity index (χ1v) is 6.70. The lowest BCUT2D eigenvalue weighted by atomic mass is 9.54. The smallest absolute Gasteiger partial charge is 0.334 e. The number of hydrogen-bond donors (Lipinski definition) is 1. The van der Waals surface area contributed by atoms with Crippen LogP contribution in [0.1, 0.15) is 32.6 Å². The number of fused-ring (bicyclic) bond motifs is 3. The number of aliphatic hydroxyl groups excluding tert-OH is 1. The third kappa shape index (κ3) is 1.37. The van der Waals surface area contributed by atoms with Crippen LogP contribution in [0, 0.1) is 17.3 Å². The molecule has 1 heterocycles. The molecule has 0 aromatic carbocycles. The largest absolute Gasteiger partial charge is 0.458 e. The Kier molecular flexibility index (Phi) is 2.46. The van der Waals surface area contributed by atoms with Crippen LogP contribution in [0.25, 0.3) is 0 Å². The minimum atomic E-state index is -0.318. The minimum Gasteiger partial charge on any atom is -0.458 e. The summed E-state index contributed by atoms with van der Waals surface area (Å²) in [6.45, 7) is 10.1. The Morgan fingerprint density at radius 3 is 2.83 bits per heavy atom. The molecule has 1 N–H and O–H groups in total. The highest BCUT2D eigenvalue weighted by Gasteiger charge is 2.57. The van der Waals surface area contributed by atoms with Crippen molar-refractivity contribution in [3.8, 4) is 0 Å². The molecule has 3 heteroatoms. The van der Waals surface area contributed by atoms with Gasteiger partial charge in [0.1, 0.15) is 6.10 Å². The number of esters is 1. The van der Waals surface area contributed by atoms with Crippen LogP contribution >= 0.6 is 0 Å². The molecule has 0 radical (unpaired) electrons. The van der Waals surface area contributed by atoms with Crippen molar-refractivity contribution < 1.29 is 14.6 Å². The summed E-state index contributed by atoms with van der Waals surface area (Å²) in [5.74, 6) is -0.0528. The van der Waals surface area contributed by atoms with E-state index >= 15 is 0 Å². The van der Waals surface area contributed by atoms with Crippen LogP contribution in [-0.4, -0.2) is 23.3 Å². The van der Waals surface area contributed by atoms with Crippen LogP contribution in [0.5, 0.6) is 0 Å². The fourth-order valence-electron chi connectivity index (χ4n) is 4.15. The zero-order valence-corrected chi connectivity index (χ0v) is 10.8. The molecule has 0 unspecified atom stereocenters.